The summed E-state index contributed by atoms with van der Waals surface area (Å²) < 4.78 is 25.4. The first kappa shape index (κ1) is 13.1. The Kier molecular flexibility index (Phi) is 4.37. The van der Waals surface area contributed by atoms with Crippen molar-refractivity contribution in [1.82, 2.24) is 5.32 Å². The monoisotopic (exact) mass is 248 g/mol. The van der Waals surface area contributed by atoms with Crippen LogP contribution in [-0.2, 0) is 11.2 Å². The third-order valence-corrected chi connectivity index (χ3v) is 2.97. The van der Waals surface area contributed by atoms with Crippen molar-refractivity contribution in [3.8, 4) is 0 Å². The molecule has 1 aromatic rings. The molecular formula is C10H14F2N2OS. The molecule has 0 fully saturated rings. The van der Waals surface area contributed by atoms with Crippen molar-refractivity contribution in [3.05, 3.63) is 21.9 Å². The van der Waals surface area contributed by atoms with Crippen LogP contribution in [0.5, 0.6) is 0 Å². The maximum atomic E-state index is 12.7. The van der Waals surface area contributed by atoms with Crippen molar-refractivity contribution in [2.75, 3.05) is 13.1 Å². The zero-order valence-electron chi connectivity index (χ0n) is 8.93. The Bertz CT molecular complexity index is 365. The van der Waals surface area contributed by atoms with Gasteiger partial charge in [0.05, 0.1) is 19.5 Å². The number of amides is 1. The Balaban J connectivity index is 2.37. The van der Waals surface area contributed by atoms with Gasteiger partial charge in [-0.05, 0) is 19.1 Å². The molecule has 90 valence electrons. The Labute approximate surface area is 96.6 Å². The number of carbonyl (C=O) groups is 1. The molecule has 0 bridgehead atoms. The third-order valence-electron chi connectivity index (χ3n) is 1.97. The lowest BCUT2D eigenvalue weighted by molar-refractivity contribution is -0.122. The fourth-order valence-corrected chi connectivity index (χ4v) is 1.99. The number of aryl methyl sites for hydroxylation is 1. The van der Waals surface area contributed by atoms with Crippen molar-refractivity contribution >= 4 is 17.2 Å². The van der Waals surface area contributed by atoms with Crippen LogP contribution in [0.25, 0.3) is 0 Å². The second kappa shape index (κ2) is 5.36. The molecule has 3 nitrogen and oxygen atoms in total. The van der Waals surface area contributed by atoms with Crippen molar-refractivity contribution < 1.29 is 13.6 Å². The number of nitrogens with two attached hydrogens (primary N) is 1. The number of nitrogens with one attached hydrogen (secondary N) is 1. The van der Waals surface area contributed by atoms with Crippen LogP contribution in [-0.4, -0.2) is 24.9 Å². The number of thiophene rings is 1. The molecule has 16 heavy (non-hydrogen) atoms. The summed E-state index contributed by atoms with van der Waals surface area (Å²) >= 11 is 1.48. The zero-order valence-corrected chi connectivity index (χ0v) is 9.74. The van der Waals surface area contributed by atoms with Gasteiger partial charge in [-0.2, -0.15) is 0 Å². The molecule has 1 amide bonds. The van der Waals surface area contributed by atoms with Crippen LogP contribution in [0.1, 0.15) is 9.75 Å². The minimum atomic E-state index is -3.03. The van der Waals surface area contributed by atoms with Crippen LogP contribution in [0, 0.1) is 6.92 Å². The molecule has 3 N–H and O–H groups in total. The largest absolute Gasteiger partial charge is 0.350 e. The number of carbonyl (C=O) groups excluding carboxylic acids is 1. The molecule has 6 heteroatoms. The van der Waals surface area contributed by atoms with E-state index in [1.807, 2.05) is 19.1 Å². The predicted molar refractivity (Wildman–Crippen MR) is 59.8 cm³/mol. The fraction of sp³-hybridized carbons (Fsp3) is 0.500. The summed E-state index contributed by atoms with van der Waals surface area (Å²) in [6.07, 6.45) is 0.138. The van der Waals surface area contributed by atoms with Crippen LogP contribution < -0.4 is 11.1 Å². The lowest BCUT2D eigenvalue weighted by atomic mass is 10.3. The first-order valence-corrected chi connectivity index (χ1v) is 5.64. The van der Waals surface area contributed by atoms with E-state index in [2.05, 4.69) is 5.32 Å². The second-order valence-corrected chi connectivity index (χ2v) is 4.90. The number of halogens is 2. The summed E-state index contributed by atoms with van der Waals surface area (Å²) in [5.41, 5.74) is 4.85. The minimum Gasteiger partial charge on any atom is -0.350 e. The number of hydrogen-bond acceptors (Lipinski definition) is 3. The quantitative estimate of drug-likeness (QED) is 0.825. The molecule has 0 aromatic carbocycles. The minimum absolute atomic E-state index is 0.138. The average molecular weight is 248 g/mol. The number of alkyl halides is 2. The topological polar surface area (TPSA) is 55.1 Å². The van der Waals surface area contributed by atoms with Gasteiger partial charge < -0.3 is 11.1 Å². The van der Waals surface area contributed by atoms with Crippen LogP contribution in [0.4, 0.5) is 8.78 Å². The van der Waals surface area contributed by atoms with Crippen molar-refractivity contribution in [2.24, 2.45) is 5.73 Å². The van der Waals surface area contributed by atoms with Crippen LogP contribution in [0.2, 0.25) is 0 Å². The molecule has 0 saturated heterocycles. The molecule has 0 aliphatic carbocycles. The van der Waals surface area contributed by atoms with E-state index in [1.54, 1.807) is 0 Å². The first-order chi connectivity index (χ1) is 7.43. The molecule has 0 radical (unpaired) electrons. The van der Waals surface area contributed by atoms with Gasteiger partial charge in [-0.3, -0.25) is 4.79 Å². The van der Waals surface area contributed by atoms with E-state index in [1.165, 1.54) is 11.3 Å². The standard InChI is InChI=1S/C10H14F2N2OS/c1-7-2-3-8(16-7)4-9(15)14-6-10(11,12)5-13/h2-3H,4-6,13H2,1H3,(H,14,15). The highest BCUT2D eigenvalue weighted by Crippen LogP contribution is 2.15. The summed E-state index contributed by atoms with van der Waals surface area (Å²) in [6, 6.07) is 3.71. The van der Waals surface area contributed by atoms with Gasteiger partial charge in [-0.15, -0.1) is 11.3 Å². The van der Waals surface area contributed by atoms with Crippen molar-refractivity contribution in [1.29, 1.82) is 0 Å². The maximum absolute atomic E-state index is 12.7. The van der Waals surface area contributed by atoms with Gasteiger partial charge in [0.1, 0.15) is 0 Å². The van der Waals surface area contributed by atoms with Crippen LogP contribution in [0.15, 0.2) is 12.1 Å². The summed E-state index contributed by atoms with van der Waals surface area (Å²) in [4.78, 5) is 13.3. The molecule has 1 heterocycles. The normalized spacial score (nSPS) is 11.5. The molecule has 1 aromatic heterocycles. The molecule has 0 aliphatic heterocycles. The Morgan fingerprint density at radius 3 is 2.75 bits per heavy atom. The Hall–Kier alpha value is -1.01. The average Bonchev–Trinajstić information content (AvgIpc) is 2.61. The van der Waals surface area contributed by atoms with Crippen LogP contribution in [0.3, 0.4) is 0 Å². The van der Waals surface area contributed by atoms with E-state index < -0.39 is 24.9 Å². The Morgan fingerprint density at radius 1 is 1.56 bits per heavy atom. The fourth-order valence-electron chi connectivity index (χ4n) is 1.10. The summed E-state index contributed by atoms with van der Waals surface area (Å²) in [5, 5.41) is 2.17. The number of rotatable bonds is 5. The number of hydrogen-bond donors (Lipinski definition) is 2. The lowest BCUT2D eigenvalue weighted by Crippen LogP contribution is -2.41. The highest BCUT2D eigenvalue weighted by molar-refractivity contribution is 7.12. The van der Waals surface area contributed by atoms with Gasteiger partial charge in [0.25, 0.3) is 5.92 Å². The summed E-state index contributed by atoms with van der Waals surface area (Å²) in [7, 11) is 0. The van der Waals surface area contributed by atoms with E-state index >= 15 is 0 Å². The molecule has 0 unspecified atom stereocenters. The second-order valence-electron chi connectivity index (χ2n) is 3.53. The van der Waals surface area contributed by atoms with E-state index in [0.717, 1.165) is 9.75 Å². The molecule has 0 aliphatic rings. The van der Waals surface area contributed by atoms with E-state index in [4.69, 9.17) is 5.73 Å². The smallest absolute Gasteiger partial charge is 0.277 e. The van der Waals surface area contributed by atoms with Gasteiger partial charge >= 0.3 is 0 Å². The van der Waals surface area contributed by atoms with Gasteiger partial charge in [0, 0.05) is 9.75 Å². The highest BCUT2D eigenvalue weighted by Gasteiger charge is 2.27. The molecule has 0 spiro atoms. The zero-order chi connectivity index (χ0) is 12.2. The Morgan fingerprint density at radius 2 is 2.25 bits per heavy atom. The van der Waals surface area contributed by atoms with Gasteiger partial charge in [-0.1, -0.05) is 0 Å². The van der Waals surface area contributed by atoms with Gasteiger partial charge in [0.15, 0.2) is 0 Å². The molecule has 0 saturated carbocycles. The van der Waals surface area contributed by atoms with Crippen molar-refractivity contribution in [3.63, 3.8) is 0 Å². The van der Waals surface area contributed by atoms with Crippen molar-refractivity contribution in [2.45, 2.75) is 19.3 Å². The van der Waals surface area contributed by atoms with Gasteiger partial charge in [-0.25, -0.2) is 8.78 Å². The molecular weight excluding hydrogens is 234 g/mol. The van der Waals surface area contributed by atoms with Gasteiger partial charge in [0.2, 0.25) is 5.91 Å². The molecule has 0 atom stereocenters. The maximum Gasteiger partial charge on any atom is 0.277 e. The van der Waals surface area contributed by atoms with E-state index in [9.17, 15) is 13.6 Å². The first-order valence-electron chi connectivity index (χ1n) is 4.83. The van der Waals surface area contributed by atoms with E-state index in [-0.39, 0.29) is 6.42 Å². The summed E-state index contributed by atoms with van der Waals surface area (Å²) in [6.45, 7) is 0.465. The highest BCUT2D eigenvalue weighted by atomic mass is 32.1. The molecule has 1 rings (SSSR count). The lowest BCUT2D eigenvalue weighted by Gasteiger charge is -2.14. The third kappa shape index (κ3) is 4.24. The predicted octanol–water partition coefficient (Wildman–Crippen LogP) is 1.31. The van der Waals surface area contributed by atoms with Crippen LogP contribution >= 0.6 is 11.3 Å². The summed E-state index contributed by atoms with van der Waals surface area (Å²) in [5.74, 6) is -3.43. The van der Waals surface area contributed by atoms with E-state index in [0.29, 0.717) is 0 Å². The SMILES string of the molecule is Cc1ccc(CC(=O)NCC(F)(F)CN)s1.